The van der Waals surface area contributed by atoms with E-state index >= 15 is 0 Å². The van der Waals surface area contributed by atoms with E-state index in [1.807, 2.05) is 30.0 Å². The fourth-order valence-corrected chi connectivity index (χ4v) is 2.64. The summed E-state index contributed by atoms with van der Waals surface area (Å²) in [6.45, 7) is 5.74. The summed E-state index contributed by atoms with van der Waals surface area (Å²) >= 11 is 5.30. The van der Waals surface area contributed by atoms with Gasteiger partial charge in [0.05, 0.1) is 7.11 Å². The first kappa shape index (κ1) is 15.6. The Hall–Kier alpha value is -1.82. The standard InChI is InChI=1S/C15H21N3O2S/c1-3-16-15(21)18-9-7-17(8-10-18)14(19)12-5-4-6-13(11-12)20-2/h4-6,11H,3,7-10H2,1-2H3,(H,16,21). The molecular weight excluding hydrogens is 286 g/mol. The van der Waals surface area contributed by atoms with Crippen LogP contribution in [-0.2, 0) is 0 Å². The van der Waals surface area contributed by atoms with Crippen LogP contribution in [0.1, 0.15) is 17.3 Å². The second kappa shape index (κ2) is 7.26. The van der Waals surface area contributed by atoms with Crippen LogP contribution in [0.3, 0.4) is 0 Å². The molecule has 0 unspecified atom stereocenters. The normalized spacial score (nSPS) is 14.8. The van der Waals surface area contributed by atoms with E-state index in [2.05, 4.69) is 10.2 Å². The van der Waals surface area contributed by atoms with Gasteiger partial charge in [-0.1, -0.05) is 6.07 Å². The molecule has 0 aromatic heterocycles. The van der Waals surface area contributed by atoms with Gasteiger partial charge in [0.25, 0.3) is 5.91 Å². The number of ether oxygens (including phenoxy) is 1. The van der Waals surface area contributed by atoms with Crippen molar-refractivity contribution in [1.82, 2.24) is 15.1 Å². The minimum absolute atomic E-state index is 0.0444. The smallest absolute Gasteiger partial charge is 0.254 e. The summed E-state index contributed by atoms with van der Waals surface area (Å²) in [5, 5.41) is 3.91. The summed E-state index contributed by atoms with van der Waals surface area (Å²) < 4.78 is 5.16. The van der Waals surface area contributed by atoms with Crippen LogP contribution in [0.5, 0.6) is 5.75 Å². The molecule has 21 heavy (non-hydrogen) atoms. The zero-order valence-corrected chi connectivity index (χ0v) is 13.3. The van der Waals surface area contributed by atoms with Gasteiger partial charge in [0.15, 0.2) is 5.11 Å². The van der Waals surface area contributed by atoms with Gasteiger partial charge in [-0.05, 0) is 37.3 Å². The third kappa shape index (κ3) is 3.85. The number of amides is 1. The highest BCUT2D eigenvalue weighted by molar-refractivity contribution is 7.80. The molecule has 0 atom stereocenters. The summed E-state index contributed by atoms with van der Waals surface area (Å²) in [6, 6.07) is 7.27. The van der Waals surface area contributed by atoms with Gasteiger partial charge in [0, 0.05) is 38.3 Å². The van der Waals surface area contributed by atoms with Gasteiger partial charge in [-0.25, -0.2) is 0 Å². The van der Waals surface area contributed by atoms with E-state index in [4.69, 9.17) is 17.0 Å². The number of rotatable bonds is 3. The van der Waals surface area contributed by atoms with Crippen LogP contribution in [0, 0.1) is 0 Å². The van der Waals surface area contributed by atoms with Crippen LogP contribution in [0.4, 0.5) is 0 Å². The maximum atomic E-state index is 12.5. The van der Waals surface area contributed by atoms with Crippen molar-refractivity contribution < 1.29 is 9.53 Å². The second-order valence-corrected chi connectivity index (χ2v) is 5.23. The number of benzene rings is 1. The Morgan fingerprint density at radius 1 is 1.29 bits per heavy atom. The fourth-order valence-electron chi connectivity index (χ4n) is 2.31. The first-order valence-corrected chi connectivity index (χ1v) is 7.52. The Morgan fingerprint density at radius 3 is 2.57 bits per heavy atom. The van der Waals surface area contributed by atoms with Crippen molar-refractivity contribution in [3.05, 3.63) is 29.8 Å². The van der Waals surface area contributed by atoms with E-state index in [-0.39, 0.29) is 5.91 Å². The number of nitrogens with one attached hydrogen (secondary N) is 1. The number of hydrogen-bond acceptors (Lipinski definition) is 3. The Bertz CT molecular complexity index is 513. The molecule has 1 aromatic rings. The number of carbonyl (C=O) groups is 1. The zero-order valence-electron chi connectivity index (χ0n) is 12.5. The quantitative estimate of drug-likeness (QED) is 0.854. The van der Waals surface area contributed by atoms with E-state index in [0.717, 1.165) is 24.7 Å². The largest absolute Gasteiger partial charge is 0.497 e. The van der Waals surface area contributed by atoms with Crippen molar-refractivity contribution >= 4 is 23.2 Å². The van der Waals surface area contributed by atoms with Crippen LogP contribution in [-0.4, -0.2) is 60.7 Å². The third-order valence-corrected chi connectivity index (χ3v) is 3.90. The molecular formula is C15H21N3O2S. The Morgan fingerprint density at radius 2 is 1.95 bits per heavy atom. The lowest BCUT2D eigenvalue weighted by Crippen LogP contribution is -2.53. The van der Waals surface area contributed by atoms with Crippen molar-refractivity contribution in [3.63, 3.8) is 0 Å². The number of carbonyl (C=O) groups excluding carboxylic acids is 1. The molecule has 6 heteroatoms. The van der Waals surface area contributed by atoms with Crippen molar-refractivity contribution in [2.24, 2.45) is 0 Å². The predicted molar refractivity (Wildman–Crippen MR) is 86.7 cm³/mol. The zero-order chi connectivity index (χ0) is 15.2. The van der Waals surface area contributed by atoms with Crippen molar-refractivity contribution in [1.29, 1.82) is 0 Å². The van der Waals surface area contributed by atoms with Gasteiger partial charge in [0.2, 0.25) is 0 Å². The van der Waals surface area contributed by atoms with E-state index in [0.29, 0.717) is 24.4 Å². The summed E-state index contributed by atoms with van der Waals surface area (Å²) in [5.41, 5.74) is 0.664. The Kier molecular flexibility index (Phi) is 5.38. The maximum absolute atomic E-state index is 12.5. The average molecular weight is 307 g/mol. The van der Waals surface area contributed by atoms with Gasteiger partial charge < -0.3 is 19.9 Å². The molecule has 0 radical (unpaired) electrons. The number of methoxy groups -OCH3 is 1. The van der Waals surface area contributed by atoms with Crippen molar-refractivity contribution in [2.45, 2.75) is 6.92 Å². The second-order valence-electron chi connectivity index (χ2n) is 4.85. The molecule has 1 saturated heterocycles. The SMILES string of the molecule is CCNC(=S)N1CCN(C(=O)c2cccc(OC)c2)CC1. The van der Waals surface area contributed by atoms with Crippen LogP contribution in [0.15, 0.2) is 24.3 Å². The van der Waals surface area contributed by atoms with E-state index < -0.39 is 0 Å². The summed E-state index contributed by atoms with van der Waals surface area (Å²) in [5.74, 6) is 0.746. The molecule has 0 bridgehead atoms. The van der Waals surface area contributed by atoms with Crippen LogP contribution >= 0.6 is 12.2 Å². The molecule has 1 aliphatic heterocycles. The summed E-state index contributed by atoms with van der Waals surface area (Å²) in [4.78, 5) is 16.4. The topological polar surface area (TPSA) is 44.8 Å². The minimum atomic E-state index is 0.0444. The van der Waals surface area contributed by atoms with Crippen LogP contribution in [0.25, 0.3) is 0 Å². The summed E-state index contributed by atoms with van der Waals surface area (Å²) in [6.07, 6.45) is 0. The highest BCUT2D eigenvalue weighted by Crippen LogP contribution is 2.15. The molecule has 1 heterocycles. The highest BCUT2D eigenvalue weighted by atomic mass is 32.1. The monoisotopic (exact) mass is 307 g/mol. The highest BCUT2D eigenvalue weighted by Gasteiger charge is 2.23. The summed E-state index contributed by atoms with van der Waals surface area (Å²) in [7, 11) is 1.60. The van der Waals surface area contributed by atoms with Gasteiger partial charge in [-0.3, -0.25) is 4.79 Å². The molecule has 2 rings (SSSR count). The number of hydrogen-bond donors (Lipinski definition) is 1. The van der Waals surface area contributed by atoms with Crippen LogP contribution < -0.4 is 10.1 Å². The molecule has 0 saturated carbocycles. The molecule has 1 amide bonds. The molecule has 114 valence electrons. The first-order chi connectivity index (χ1) is 10.2. The number of nitrogens with zero attached hydrogens (tertiary/aromatic N) is 2. The van der Waals surface area contributed by atoms with E-state index in [1.54, 1.807) is 13.2 Å². The lowest BCUT2D eigenvalue weighted by atomic mass is 10.1. The molecule has 0 aliphatic carbocycles. The average Bonchev–Trinajstić information content (AvgIpc) is 2.54. The predicted octanol–water partition coefficient (Wildman–Crippen LogP) is 1.35. The lowest BCUT2D eigenvalue weighted by molar-refractivity contribution is 0.0691. The molecule has 1 fully saturated rings. The van der Waals surface area contributed by atoms with Gasteiger partial charge in [0.1, 0.15) is 5.75 Å². The molecule has 0 spiro atoms. The van der Waals surface area contributed by atoms with Crippen molar-refractivity contribution in [2.75, 3.05) is 39.8 Å². The maximum Gasteiger partial charge on any atom is 0.254 e. The Balaban J connectivity index is 1.95. The van der Waals surface area contributed by atoms with Gasteiger partial charge >= 0.3 is 0 Å². The fraction of sp³-hybridized carbons (Fsp3) is 0.467. The van der Waals surface area contributed by atoms with E-state index in [1.165, 1.54) is 0 Å². The molecule has 1 N–H and O–H groups in total. The van der Waals surface area contributed by atoms with Crippen molar-refractivity contribution in [3.8, 4) is 5.75 Å². The number of thiocarbonyl (C=S) groups is 1. The molecule has 1 aliphatic rings. The van der Waals surface area contributed by atoms with Gasteiger partial charge in [-0.2, -0.15) is 0 Å². The molecule has 1 aromatic carbocycles. The molecule has 5 nitrogen and oxygen atoms in total. The third-order valence-electron chi connectivity index (χ3n) is 3.50. The van der Waals surface area contributed by atoms with E-state index in [9.17, 15) is 4.79 Å². The first-order valence-electron chi connectivity index (χ1n) is 7.11. The lowest BCUT2D eigenvalue weighted by Gasteiger charge is -2.36. The van der Waals surface area contributed by atoms with Crippen LogP contribution in [0.2, 0.25) is 0 Å². The number of piperazine rings is 1. The minimum Gasteiger partial charge on any atom is -0.497 e. The van der Waals surface area contributed by atoms with Gasteiger partial charge in [-0.15, -0.1) is 0 Å². The Labute approximate surface area is 130 Å².